The van der Waals surface area contributed by atoms with E-state index in [1.807, 2.05) is 18.2 Å². The van der Waals surface area contributed by atoms with Gasteiger partial charge >= 0.3 is 0 Å². The molecule has 0 radical (unpaired) electrons. The average Bonchev–Trinajstić information content (AvgIpc) is 2.30. The maximum absolute atomic E-state index is 5.32. The molecule has 2 rings (SSSR count). The fraction of sp³-hybridized carbons (Fsp3) is 0.455. The smallest absolute Gasteiger partial charge is 0.142 e. The van der Waals surface area contributed by atoms with E-state index in [1.165, 1.54) is 5.69 Å². The summed E-state index contributed by atoms with van der Waals surface area (Å²) in [6.07, 6.45) is 0. The molecule has 0 amide bonds. The Kier molecular flexibility index (Phi) is 2.89. The molecular weight excluding hydrogens is 178 g/mol. The Labute approximate surface area is 84.2 Å². The zero-order chi connectivity index (χ0) is 9.80. The van der Waals surface area contributed by atoms with Gasteiger partial charge in [0.1, 0.15) is 5.75 Å². The molecule has 0 N–H and O–H groups in total. The van der Waals surface area contributed by atoms with Crippen molar-refractivity contribution in [3.05, 3.63) is 24.3 Å². The summed E-state index contributed by atoms with van der Waals surface area (Å²) in [5.74, 6) is 0.939. The number of nitrogens with zero attached hydrogens (tertiary/aromatic N) is 1. The maximum atomic E-state index is 5.32. The maximum Gasteiger partial charge on any atom is 0.142 e. The number of benzene rings is 1. The summed E-state index contributed by atoms with van der Waals surface area (Å²) in [5.41, 5.74) is 1.17. The normalized spacial score (nSPS) is 16.8. The Hall–Kier alpha value is -1.22. The molecule has 76 valence electrons. The highest BCUT2D eigenvalue weighted by atomic mass is 16.5. The van der Waals surface area contributed by atoms with E-state index in [0.717, 1.165) is 32.1 Å². The molecule has 1 aromatic carbocycles. The lowest BCUT2D eigenvalue weighted by Gasteiger charge is -2.29. The molecule has 1 aliphatic heterocycles. The Bertz CT molecular complexity index is 295. The van der Waals surface area contributed by atoms with Gasteiger partial charge in [0.05, 0.1) is 26.0 Å². The van der Waals surface area contributed by atoms with E-state index in [2.05, 4.69) is 11.0 Å². The van der Waals surface area contributed by atoms with Crippen LogP contribution in [-0.2, 0) is 4.74 Å². The van der Waals surface area contributed by atoms with Gasteiger partial charge < -0.3 is 14.4 Å². The van der Waals surface area contributed by atoms with Gasteiger partial charge in [0.2, 0.25) is 0 Å². The molecule has 1 aliphatic rings. The molecule has 3 nitrogen and oxygen atoms in total. The fourth-order valence-corrected chi connectivity index (χ4v) is 1.70. The van der Waals surface area contributed by atoms with Gasteiger partial charge in [-0.15, -0.1) is 0 Å². The second-order valence-corrected chi connectivity index (χ2v) is 3.27. The third kappa shape index (κ3) is 1.82. The second-order valence-electron chi connectivity index (χ2n) is 3.27. The first kappa shape index (κ1) is 9.34. The fourth-order valence-electron chi connectivity index (χ4n) is 1.70. The molecule has 1 heterocycles. The van der Waals surface area contributed by atoms with Crippen LogP contribution in [0.4, 0.5) is 5.69 Å². The Balaban J connectivity index is 2.20. The summed E-state index contributed by atoms with van der Waals surface area (Å²) >= 11 is 0. The van der Waals surface area contributed by atoms with Gasteiger partial charge in [-0.05, 0) is 12.1 Å². The molecule has 1 saturated heterocycles. The molecule has 14 heavy (non-hydrogen) atoms. The van der Waals surface area contributed by atoms with Gasteiger partial charge in [0.15, 0.2) is 0 Å². The highest BCUT2D eigenvalue weighted by Crippen LogP contribution is 2.27. The standard InChI is InChI=1S/C11H15NO2/c1-13-11-5-3-2-4-10(11)12-6-8-14-9-7-12/h2-5H,6-9H2,1H3. The molecule has 0 unspecified atom stereocenters. The van der Waals surface area contributed by atoms with Crippen molar-refractivity contribution < 1.29 is 9.47 Å². The minimum atomic E-state index is 0.804. The van der Waals surface area contributed by atoms with Crippen molar-refractivity contribution in [1.29, 1.82) is 0 Å². The monoisotopic (exact) mass is 193 g/mol. The number of morpholine rings is 1. The molecule has 0 aliphatic carbocycles. The molecule has 0 saturated carbocycles. The van der Waals surface area contributed by atoms with Crippen LogP contribution >= 0.6 is 0 Å². The van der Waals surface area contributed by atoms with Crippen molar-refractivity contribution in [2.75, 3.05) is 38.3 Å². The van der Waals surface area contributed by atoms with Crippen LogP contribution in [0, 0.1) is 0 Å². The van der Waals surface area contributed by atoms with Crippen LogP contribution in [0.1, 0.15) is 0 Å². The minimum absolute atomic E-state index is 0.804. The first-order chi connectivity index (χ1) is 6.92. The number of rotatable bonds is 2. The molecule has 3 heteroatoms. The van der Waals surface area contributed by atoms with Crippen LogP contribution in [0.2, 0.25) is 0 Å². The van der Waals surface area contributed by atoms with Gasteiger partial charge in [-0.2, -0.15) is 0 Å². The number of para-hydroxylation sites is 2. The zero-order valence-corrected chi connectivity index (χ0v) is 8.40. The first-order valence-electron chi connectivity index (χ1n) is 4.87. The molecular formula is C11H15NO2. The van der Waals surface area contributed by atoms with E-state index in [1.54, 1.807) is 7.11 Å². The van der Waals surface area contributed by atoms with Crippen molar-refractivity contribution in [3.63, 3.8) is 0 Å². The predicted molar refractivity (Wildman–Crippen MR) is 56.0 cm³/mol. The third-order valence-electron chi connectivity index (χ3n) is 2.44. The van der Waals surface area contributed by atoms with E-state index in [-0.39, 0.29) is 0 Å². The van der Waals surface area contributed by atoms with Crippen molar-refractivity contribution >= 4 is 5.69 Å². The van der Waals surface area contributed by atoms with E-state index in [9.17, 15) is 0 Å². The van der Waals surface area contributed by atoms with Crippen LogP contribution in [0.5, 0.6) is 5.75 Å². The number of ether oxygens (including phenoxy) is 2. The number of hydrogen-bond acceptors (Lipinski definition) is 3. The highest BCUT2D eigenvalue weighted by molar-refractivity contribution is 5.58. The van der Waals surface area contributed by atoms with Gasteiger partial charge in [0, 0.05) is 13.1 Å². The number of methoxy groups -OCH3 is 1. The van der Waals surface area contributed by atoms with E-state index in [0.29, 0.717) is 0 Å². The van der Waals surface area contributed by atoms with Crippen LogP contribution in [-0.4, -0.2) is 33.4 Å². The Morgan fingerprint density at radius 3 is 2.64 bits per heavy atom. The SMILES string of the molecule is COc1ccccc1N1CCOCC1. The number of hydrogen-bond donors (Lipinski definition) is 0. The van der Waals surface area contributed by atoms with Crippen LogP contribution in [0.15, 0.2) is 24.3 Å². The van der Waals surface area contributed by atoms with E-state index >= 15 is 0 Å². The summed E-state index contributed by atoms with van der Waals surface area (Å²) < 4.78 is 10.6. The largest absolute Gasteiger partial charge is 0.495 e. The van der Waals surface area contributed by atoms with Crippen molar-refractivity contribution in [3.8, 4) is 5.75 Å². The lowest BCUT2D eigenvalue weighted by atomic mass is 10.2. The van der Waals surface area contributed by atoms with Gasteiger partial charge in [-0.1, -0.05) is 12.1 Å². The molecule has 1 aromatic rings. The summed E-state index contributed by atoms with van der Waals surface area (Å²) in [4.78, 5) is 2.29. The topological polar surface area (TPSA) is 21.7 Å². The van der Waals surface area contributed by atoms with Gasteiger partial charge in [-0.25, -0.2) is 0 Å². The lowest BCUT2D eigenvalue weighted by molar-refractivity contribution is 0.122. The summed E-state index contributed by atoms with van der Waals surface area (Å²) in [6.45, 7) is 3.50. The van der Waals surface area contributed by atoms with Crippen molar-refractivity contribution in [2.24, 2.45) is 0 Å². The minimum Gasteiger partial charge on any atom is -0.495 e. The van der Waals surface area contributed by atoms with Crippen LogP contribution in [0.25, 0.3) is 0 Å². The van der Waals surface area contributed by atoms with Crippen LogP contribution < -0.4 is 9.64 Å². The lowest BCUT2D eigenvalue weighted by Crippen LogP contribution is -2.36. The van der Waals surface area contributed by atoms with Crippen molar-refractivity contribution in [1.82, 2.24) is 0 Å². The molecule has 0 atom stereocenters. The summed E-state index contributed by atoms with van der Waals surface area (Å²) in [6, 6.07) is 8.10. The summed E-state index contributed by atoms with van der Waals surface area (Å²) in [5, 5.41) is 0. The Morgan fingerprint density at radius 2 is 1.93 bits per heavy atom. The molecule has 1 fully saturated rings. The Morgan fingerprint density at radius 1 is 1.21 bits per heavy atom. The van der Waals surface area contributed by atoms with E-state index in [4.69, 9.17) is 9.47 Å². The van der Waals surface area contributed by atoms with Gasteiger partial charge in [0.25, 0.3) is 0 Å². The zero-order valence-electron chi connectivity index (χ0n) is 8.40. The first-order valence-corrected chi connectivity index (χ1v) is 4.87. The molecule has 0 bridgehead atoms. The van der Waals surface area contributed by atoms with E-state index < -0.39 is 0 Å². The predicted octanol–water partition coefficient (Wildman–Crippen LogP) is 1.53. The quantitative estimate of drug-likeness (QED) is 0.711. The second kappa shape index (κ2) is 4.33. The third-order valence-corrected chi connectivity index (χ3v) is 2.44. The summed E-state index contributed by atoms with van der Waals surface area (Å²) in [7, 11) is 1.71. The molecule has 0 spiro atoms. The number of anilines is 1. The highest BCUT2D eigenvalue weighted by Gasteiger charge is 2.14. The average molecular weight is 193 g/mol. The van der Waals surface area contributed by atoms with Crippen molar-refractivity contribution in [2.45, 2.75) is 0 Å². The molecule has 0 aromatic heterocycles. The van der Waals surface area contributed by atoms with Gasteiger partial charge in [-0.3, -0.25) is 0 Å². The van der Waals surface area contributed by atoms with Crippen LogP contribution in [0.3, 0.4) is 0 Å².